The van der Waals surface area contributed by atoms with Crippen LogP contribution in [0.4, 0.5) is 18.9 Å². The van der Waals surface area contributed by atoms with Crippen molar-refractivity contribution >= 4 is 33.2 Å². The third-order valence-corrected chi connectivity index (χ3v) is 6.16. The number of likely N-dealkylation sites (N-methyl/N-ethyl adjacent to an activating group) is 1. The minimum absolute atomic E-state index is 0.158. The summed E-state index contributed by atoms with van der Waals surface area (Å²) < 4.78 is 66.7. The lowest BCUT2D eigenvalue weighted by Crippen LogP contribution is -2.42. The number of alkyl halides is 3. The van der Waals surface area contributed by atoms with Gasteiger partial charge in [0.15, 0.2) is 0 Å². The molecule has 0 aromatic heterocycles. The molecule has 1 N–H and O–H groups in total. The molecule has 164 valence electrons. The summed E-state index contributed by atoms with van der Waals surface area (Å²) in [7, 11) is -0.721. The zero-order valence-electron chi connectivity index (χ0n) is 16.3. The van der Waals surface area contributed by atoms with Crippen molar-refractivity contribution < 1.29 is 26.4 Å². The highest BCUT2D eigenvalue weighted by Gasteiger charge is 2.35. The molecule has 11 heteroatoms. The molecule has 30 heavy (non-hydrogen) atoms. The Hall–Kier alpha value is -2.30. The maximum Gasteiger partial charge on any atom is 0.417 e. The molecule has 0 aliphatic heterocycles. The van der Waals surface area contributed by atoms with Crippen LogP contribution in [0.3, 0.4) is 0 Å². The quantitative estimate of drug-likeness (QED) is 0.652. The molecule has 1 amide bonds. The van der Waals surface area contributed by atoms with E-state index in [4.69, 9.17) is 11.6 Å². The Morgan fingerprint density at radius 1 is 1.10 bits per heavy atom. The van der Waals surface area contributed by atoms with E-state index < -0.39 is 39.2 Å². The van der Waals surface area contributed by atoms with Crippen LogP contribution >= 0.6 is 11.6 Å². The minimum atomic E-state index is -4.79. The molecule has 2 rings (SSSR count). The fourth-order valence-corrected chi connectivity index (χ4v) is 4.18. The minimum Gasteiger partial charge on any atom is -0.353 e. The molecule has 0 saturated heterocycles. The number of anilines is 1. The van der Waals surface area contributed by atoms with Crippen molar-refractivity contribution in [1.82, 2.24) is 10.2 Å². The van der Waals surface area contributed by atoms with Crippen LogP contribution in [0.1, 0.15) is 5.56 Å². The van der Waals surface area contributed by atoms with Crippen LogP contribution in [-0.4, -0.2) is 53.0 Å². The SMILES string of the molecule is CN(C)CCNC(=O)CN(c1ccc(Cl)c(C(F)(F)F)c1)S(=O)(=O)c1ccccc1. The summed E-state index contributed by atoms with van der Waals surface area (Å²) in [4.78, 5) is 14.0. The average molecular weight is 464 g/mol. The standard InChI is InChI=1S/C19H21ClF3N3O3S/c1-25(2)11-10-24-18(27)13-26(30(28,29)15-6-4-3-5-7-15)14-8-9-17(20)16(12-14)19(21,22)23/h3-9,12H,10-11,13H2,1-2H3,(H,24,27). The first-order valence-electron chi connectivity index (χ1n) is 8.79. The maximum absolute atomic E-state index is 13.3. The number of carbonyl (C=O) groups excluding carboxylic acids is 1. The highest BCUT2D eigenvalue weighted by atomic mass is 35.5. The highest BCUT2D eigenvalue weighted by molar-refractivity contribution is 7.92. The molecule has 0 spiro atoms. The topological polar surface area (TPSA) is 69.7 Å². The molecule has 0 fully saturated rings. The number of amides is 1. The molecular formula is C19H21ClF3N3O3S. The molecule has 0 unspecified atom stereocenters. The van der Waals surface area contributed by atoms with Gasteiger partial charge in [-0.3, -0.25) is 9.10 Å². The van der Waals surface area contributed by atoms with Gasteiger partial charge in [0.25, 0.3) is 10.0 Å². The van der Waals surface area contributed by atoms with Gasteiger partial charge < -0.3 is 10.2 Å². The molecule has 2 aromatic carbocycles. The van der Waals surface area contributed by atoms with Gasteiger partial charge in [-0.15, -0.1) is 0 Å². The van der Waals surface area contributed by atoms with Crippen LogP contribution in [0.5, 0.6) is 0 Å². The van der Waals surface area contributed by atoms with Gasteiger partial charge >= 0.3 is 6.18 Å². The first kappa shape index (κ1) is 24.0. The van der Waals surface area contributed by atoms with Crippen LogP contribution in [0.15, 0.2) is 53.4 Å². The third-order valence-electron chi connectivity index (χ3n) is 4.04. The van der Waals surface area contributed by atoms with Gasteiger partial charge in [0.2, 0.25) is 5.91 Å². The molecule has 0 heterocycles. The number of halogens is 4. The van der Waals surface area contributed by atoms with E-state index in [0.717, 1.165) is 12.1 Å². The summed E-state index contributed by atoms with van der Waals surface area (Å²) in [6, 6.07) is 9.86. The van der Waals surface area contributed by atoms with Crippen LogP contribution in [0, 0.1) is 0 Å². The largest absolute Gasteiger partial charge is 0.417 e. The van der Waals surface area contributed by atoms with E-state index in [1.807, 2.05) is 4.90 Å². The number of benzene rings is 2. The van der Waals surface area contributed by atoms with E-state index in [1.54, 1.807) is 20.2 Å². The summed E-state index contributed by atoms with van der Waals surface area (Å²) in [5.74, 6) is -0.653. The van der Waals surface area contributed by atoms with Crippen LogP contribution < -0.4 is 9.62 Å². The van der Waals surface area contributed by atoms with E-state index in [2.05, 4.69) is 5.32 Å². The van der Waals surface area contributed by atoms with Crippen molar-refractivity contribution in [2.24, 2.45) is 0 Å². The lowest BCUT2D eigenvalue weighted by atomic mass is 10.2. The van der Waals surface area contributed by atoms with Crippen molar-refractivity contribution in [2.45, 2.75) is 11.1 Å². The predicted octanol–water partition coefficient (Wildman–Crippen LogP) is 3.23. The number of sulfonamides is 1. The lowest BCUT2D eigenvalue weighted by molar-refractivity contribution is -0.137. The molecular weight excluding hydrogens is 443 g/mol. The molecule has 6 nitrogen and oxygen atoms in total. The first-order chi connectivity index (χ1) is 13.9. The van der Waals surface area contributed by atoms with E-state index in [9.17, 15) is 26.4 Å². The number of hydrogen-bond donors (Lipinski definition) is 1. The third kappa shape index (κ3) is 6.10. The summed E-state index contributed by atoms with van der Waals surface area (Å²) in [6.45, 7) is 0.0689. The van der Waals surface area contributed by atoms with Crippen LogP contribution in [-0.2, 0) is 21.0 Å². The van der Waals surface area contributed by atoms with Crippen LogP contribution in [0.25, 0.3) is 0 Å². The Morgan fingerprint density at radius 2 is 1.73 bits per heavy atom. The van der Waals surface area contributed by atoms with Crippen molar-refractivity contribution in [2.75, 3.05) is 38.0 Å². The zero-order chi connectivity index (χ0) is 22.5. The fraction of sp³-hybridized carbons (Fsp3) is 0.316. The lowest BCUT2D eigenvalue weighted by Gasteiger charge is -2.25. The van der Waals surface area contributed by atoms with E-state index in [0.29, 0.717) is 16.9 Å². The van der Waals surface area contributed by atoms with Crippen molar-refractivity contribution in [3.63, 3.8) is 0 Å². The van der Waals surface area contributed by atoms with E-state index >= 15 is 0 Å². The second-order valence-electron chi connectivity index (χ2n) is 6.64. The van der Waals surface area contributed by atoms with Crippen LogP contribution in [0.2, 0.25) is 5.02 Å². The molecule has 0 bridgehead atoms. The van der Waals surface area contributed by atoms with Crippen molar-refractivity contribution in [3.05, 3.63) is 59.1 Å². The number of nitrogens with zero attached hydrogens (tertiary/aromatic N) is 2. The molecule has 0 aliphatic rings. The summed E-state index contributed by atoms with van der Waals surface area (Å²) >= 11 is 5.65. The Morgan fingerprint density at radius 3 is 2.30 bits per heavy atom. The Bertz CT molecular complexity index is 984. The molecule has 0 atom stereocenters. The van der Waals surface area contributed by atoms with Gasteiger partial charge in [-0.2, -0.15) is 13.2 Å². The number of carbonyl (C=O) groups is 1. The van der Waals surface area contributed by atoms with Gasteiger partial charge in [-0.05, 0) is 44.4 Å². The first-order valence-corrected chi connectivity index (χ1v) is 10.6. The monoisotopic (exact) mass is 463 g/mol. The van der Waals surface area contributed by atoms with E-state index in [1.165, 1.54) is 24.3 Å². The van der Waals surface area contributed by atoms with E-state index in [-0.39, 0.29) is 17.1 Å². The van der Waals surface area contributed by atoms with Gasteiger partial charge in [-0.25, -0.2) is 8.42 Å². The molecule has 0 aliphatic carbocycles. The normalized spacial score (nSPS) is 12.1. The summed E-state index contributed by atoms with van der Waals surface area (Å²) in [6.07, 6.45) is -4.79. The Balaban J connectivity index is 2.46. The van der Waals surface area contributed by atoms with Crippen molar-refractivity contribution in [3.8, 4) is 0 Å². The van der Waals surface area contributed by atoms with Gasteiger partial charge in [0, 0.05) is 13.1 Å². The Kier molecular flexibility index (Phi) is 7.73. The molecule has 2 aromatic rings. The van der Waals surface area contributed by atoms with Gasteiger partial charge in [0.1, 0.15) is 6.54 Å². The number of nitrogens with one attached hydrogen (secondary N) is 1. The average Bonchev–Trinajstić information content (AvgIpc) is 2.66. The Labute approximate surface area is 178 Å². The molecule has 0 saturated carbocycles. The van der Waals surface area contributed by atoms with Crippen molar-refractivity contribution in [1.29, 1.82) is 0 Å². The highest BCUT2D eigenvalue weighted by Crippen LogP contribution is 2.37. The predicted molar refractivity (Wildman–Crippen MR) is 109 cm³/mol. The zero-order valence-corrected chi connectivity index (χ0v) is 17.9. The van der Waals surface area contributed by atoms with Gasteiger partial charge in [-0.1, -0.05) is 29.8 Å². The number of hydrogen-bond acceptors (Lipinski definition) is 4. The summed E-state index contributed by atoms with van der Waals surface area (Å²) in [5, 5.41) is 1.99. The summed E-state index contributed by atoms with van der Waals surface area (Å²) in [5.41, 5.74) is -1.51. The maximum atomic E-state index is 13.3. The second kappa shape index (κ2) is 9.67. The fourth-order valence-electron chi connectivity index (χ4n) is 2.53. The number of rotatable bonds is 8. The second-order valence-corrected chi connectivity index (χ2v) is 8.91. The smallest absolute Gasteiger partial charge is 0.353 e. The van der Waals surface area contributed by atoms with Gasteiger partial charge in [0.05, 0.1) is 21.2 Å². The molecule has 0 radical (unpaired) electrons.